The molecule has 0 radical (unpaired) electrons. The topological polar surface area (TPSA) is 54.9 Å². The molecular weight excluding hydrogens is 446 g/mol. The highest BCUT2D eigenvalue weighted by Crippen LogP contribution is 2.33. The van der Waals surface area contributed by atoms with E-state index < -0.39 is 0 Å². The molecule has 0 atom stereocenters. The van der Waals surface area contributed by atoms with Crippen molar-refractivity contribution in [3.05, 3.63) is 53.1 Å². The van der Waals surface area contributed by atoms with Gasteiger partial charge in [0.1, 0.15) is 5.75 Å². The molecule has 1 fully saturated rings. The quantitative estimate of drug-likeness (QED) is 0.360. The Morgan fingerprint density at radius 2 is 2.00 bits per heavy atom. The Balaban J connectivity index is 1.57. The first-order valence-electron chi connectivity index (χ1n) is 12.3. The van der Waals surface area contributed by atoms with Crippen LogP contribution in [0.3, 0.4) is 0 Å². The van der Waals surface area contributed by atoms with Gasteiger partial charge in [-0.2, -0.15) is 0 Å². The second-order valence-electron chi connectivity index (χ2n) is 8.92. The van der Waals surface area contributed by atoms with E-state index in [1.54, 1.807) is 11.3 Å². The lowest BCUT2D eigenvalue weighted by molar-refractivity contribution is 0.0376. The summed E-state index contributed by atoms with van der Waals surface area (Å²) in [6.45, 7) is 12.0. The van der Waals surface area contributed by atoms with Crippen LogP contribution in [0, 0.1) is 13.8 Å². The predicted octanol–water partition coefficient (Wildman–Crippen LogP) is 5.46. The number of amides is 1. The summed E-state index contributed by atoms with van der Waals surface area (Å²) in [5.41, 5.74) is 3.97. The van der Waals surface area contributed by atoms with Crippen molar-refractivity contribution in [3.63, 3.8) is 0 Å². The second kappa shape index (κ2) is 11.8. The molecule has 1 amide bonds. The maximum absolute atomic E-state index is 13.7. The molecule has 2 aromatic carbocycles. The van der Waals surface area contributed by atoms with Crippen LogP contribution in [-0.4, -0.2) is 61.8 Å². The largest absolute Gasteiger partial charge is 0.494 e. The number of fused-ring (bicyclic) bond motifs is 1. The highest BCUT2D eigenvalue weighted by Gasteiger charge is 2.23. The summed E-state index contributed by atoms with van der Waals surface area (Å²) in [5.74, 6) is 0.708. The van der Waals surface area contributed by atoms with Crippen molar-refractivity contribution >= 4 is 32.6 Å². The molecule has 1 aliphatic heterocycles. The number of thiazole rings is 1. The standard InChI is InChI=1S/C27H35N3O3S/c1-4-5-14-33-23-9-6-8-22(19-23)26(31)30(11-7-10-29-12-15-32-16-13-29)27-28-24-18-20(2)17-21(3)25(24)34-27/h6,8-9,17-19H,4-5,7,10-16H2,1-3H3. The number of anilines is 1. The number of hydrogen-bond acceptors (Lipinski definition) is 6. The number of rotatable bonds is 10. The summed E-state index contributed by atoms with van der Waals surface area (Å²) in [4.78, 5) is 22.9. The van der Waals surface area contributed by atoms with E-state index in [2.05, 4.69) is 37.8 Å². The smallest absolute Gasteiger partial charge is 0.260 e. The van der Waals surface area contributed by atoms with E-state index in [0.29, 0.717) is 18.7 Å². The molecule has 7 heteroatoms. The molecule has 1 aliphatic rings. The highest BCUT2D eigenvalue weighted by atomic mass is 32.1. The number of carbonyl (C=O) groups excluding carboxylic acids is 1. The third-order valence-corrected chi connectivity index (χ3v) is 7.32. The van der Waals surface area contributed by atoms with Crippen molar-refractivity contribution in [1.29, 1.82) is 0 Å². The predicted molar refractivity (Wildman–Crippen MR) is 139 cm³/mol. The van der Waals surface area contributed by atoms with E-state index >= 15 is 0 Å². The van der Waals surface area contributed by atoms with E-state index in [0.717, 1.165) is 73.2 Å². The van der Waals surface area contributed by atoms with Crippen LogP contribution in [0.2, 0.25) is 0 Å². The lowest BCUT2D eigenvalue weighted by atomic mass is 10.1. The minimum atomic E-state index is -0.0312. The number of morpholine rings is 1. The number of aromatic nitrogens is 1. The van der Waals surface area contributed by atoms with E-state index in [1.807, 2.05) is 29.2 Å². The van der Waals surface area contributed by atoms with Gasteiger partial charge in [-0.25, -0.2) is 4.98 Å². The van der Waals surface area contributed by atoms with Crippen LogP contribution in [0.4, 0.5) is 5.13 Å². The summed E-state index contributed by atoms with van der Waals surface area (Å²) in [5, 5.41) is 0.757. The minimum Gasteiger partial charge on any atom is -0.494 e. The van der Waals surface area contributed by atoms with Crippen LogP contribution >= 0.6 is 11.3 Å². The van der Waals surface area contributed by atoms with Gasteiger partial charge in [-0.15, -0.1) is 0 Å². The van der Waals surface area contributed by atoms with E-state index in [9.17, 15) is 4.79 Å². The van der Waals surface area contributed by atoms with Gasteiger partial charge in [-0.1, -0.05) is 36.8 Å². The number of nitrogens with zero attached hydrogens (tertiary/aromatic N) is 3. The van der Waals surface area contributed by atoms with Gasteiger partial charge in [0.15, 0.2) is 5.13 Å². The van der Waals surface area contributed by atoms with E-state index in [-0.39, 0.29) is 5.91 Å². The third kappa shape index (κ3) is 6.14. The van der Waals surface area contributed by atoms with Gasteiger partial charge >= 0.3 is 0 Å². The van der Waals surface area contributed by atoms with Crippen LogP contribution < -0.4 is 9.64 Å². The van der Waals surface area contributed by atoms with Gasteiger partial charge in [-0.05, 0) is 62.1 Å². The normalized spacial score (nSPS) is 14.4. The molecule has 0 bridgehead atoms. The molecular formula is C27H35N3O3S. The monoisotopic (exact) mass is 481 g/mol. The fraction of sp³-hybridized carbons (Fsp3) is 0.481. The highest BCUT2D eigenvalue weighted by molar-refractivity contribution is 7.22. The van der Waals surface area contributed by atoms with Crippen molar-refractivity contribution in [3.8, 4) is 5.75 Å². The van der Waals surface area contributed by atoms with E-state index in [1.165, 1.54) is 11.1 Å². The molecule has 6 nitrogen and oxygen atoms in total. The van der Waals surface area contributed by atoms with Crippen molar-refractivity contribution in [2.75, 3.05) is 50.9 Å². The number of aryl methyl sites for hydroxylation is 2. The Hall–Kier alpha value is -2.48. The number of hydrogen-bond donors (Lipinski definition) is 0. The van der Waals surface area contributed by atoms with Crippen molar-refractivity contribution < 1.29 is 14.3 Å². The molecule has 34 heavy (non-hydrogen) atoms. The molecule has 3 aromatic rings. The maximum atomic E-state index is 13.7. The molecule has 182 valence electrons. The Bertz CT molecular complexity index is 1110. The molecule has 0 aliphatic carbocycles. The summed E-state index contributed by atoms with van der Waals surface area (Å²) >= 11 is 1.60. The average molecular weight is 482 g/mol. The number of carbonyl (C=O) groups is 1. The fourth-order valence-electron chi connectivity index (χ4n) is 4.25. The molecule has 4 rings (SSSR count). The van der Waals surface area contributed by atoms with Crippen molar-refractivity contribution in [2.45, 2.75) is 40.0 Å². The van der Waals surface area contributed by atoms with Crippen LogP contribution in [0.5, 0.6) is 5.75 Å². The molecule has 1 saturated heterocycles. The molecule has 0 saturated carbocycles. The van der Waals surface area contributed by atoms with Crippen LogP contribution in [-0.2, 0) is 4.74 Å². The first kappa shape index (κ1) is 24.6. The third-order valence-electron chi connectivity index (χ3n) is 6.09. The summed E-state index contributed by atoms with van der Waals surface area (Å²) < 4.78 is 12.5. The van der Waals surface area contributed by atoms with E-state index in [4.69, 9.17) is 14.5 Å². The Labute approximate surface area is 206 Å². The minimum absolute atomic E-state index is 0.0312. The molecule has 2 heterocycles. The second-order valence-corrected chi connectivity index (χ2v) is 9.90. The molecule has 0 spiro atoms. The zero-order valence-corrected chi connectivity index (χ0v) is 21.3. The first-order valence-corrected chi connectivity index (χ1v) is 13.1. The first-order chi connectivity index (χ1) is 16.5. The Kier molecular flexibility index (Phi) is 8.53. The van der Waals surface area contributed by atoms with Crippen molar-refractivity contribution in [2.24, 2.45) is 0 Å². The number of ether oxygens (including phenoxy) is 2. The fourth-order valence-corrected chi connectivity index (χ4v) is 5.29. The van der Waals surface area contributed by atoms with Gasteiger partial charge in [0.25, 0.3) is 5.91 Å². The van der Waals surface area contributed by atoms with Gasteiger partial charge in [0, 0.05) is 31.7 Å². The zero-order valence-electron chi connectivity index (χ0n) is 20.5. The SMILES string of the molecule is CCCCOc1cccc(C(=O)N(CCCN2CCOCC2)c2nc3cc(C)cc(C)c3s2)c1. The number of benzene rings is 2. The van der Waals surface area contributed by atoms with Crippen LogP contribution in [0.1, 0.15) is 47.7 Å². The summed E-state index contributed by atoms with van der Waals surface area (Å²) in [6.07, 6.45) is 2.95. The van der Waals surface area contributed by atoms with Crippen LogP contribution in [0.25, 0.3) is 10.2 Å². The number of unbranched alkanes of at least 4 members (excludes halogenated alkanes) is 1. The van der Waals surface area contributed by atoms with Gasteiger partial charge in [0.2, 0.25) is 0 Å². The lowest BCUT2D eigenvalue weighted by Crippen LogP contribution is -2.39. The average Bonchev–Trinajstić information content (AvgIpc) is 3.26. The summed E-state index contributed by atoms with van der Waals surface area (Å²) in [7, 11) is 0. The molecule has 1 aromatic heterocycles. The van der Waals surface area contributed by atoms with Gasteiger partial charge in [0.05, 0.1) is 30.0 Å². The molecule has 0 N–H and O–H groups in total. The Morgan fingerprint density at radius 3 is 2.79 bits per heavy atom. The van der Waals surface area contributed by atoms with Crippen molar-refractivity contribution in [1.82, 2.24) is 9.88 Å². The zero-order chi connectivity index (χ0) is 23.9. The Morgan fingerprint density at radius 1 is 1.18 bits per heavy atom. The van der Waals surface area contributed by atoms with Gasteiger partial charge < -0.3 is 9.47 Å². The van der Waals surface area contributed by atoms with Crippen LogP contribution in [0.15, 0.2) is 36.4 Å². The van der Waals surface area contributed by atoms with Gasteiger partial charge in [-0.3, -0.25) is 14.6 Å². The lowest BCUT2D eigenvalue weighted by Gasteiger charge is -2.27. The summed E-state index contributed by atoms with van der Waals surface area (Å²) in [6, 6.07) is 11.8. The maximum Gasteiger partial charge on any atom is 0.260 e. The molecule has 0 unspecified atom stereocenters.